The minimum atomic E-state index is -0.390. The van der Waals surface area contributed by atoms with Crippen LogP contribution in [-0.4, -0.2) is 14.5 Å². The van der Waals surface area contributed by atoms with Gasteiger partial charge in [0.15, 0.2) is 0 Å². The van der Waals surface area contributed by atoms with Gasteiger partial charge in [0.2, 0.25) is 0 Å². The Kier molecular flexibility index (Phi) is 2.70. The van der Waals surface area contributed by atoms with E-state index < -0.39 is 6.04 Å². The first-order chi connectivity index (χ1) is 7.20. The molecule has 4 nitrogen and oxygen atoms in total. The summed E-state index contributed by atoms with van der Waals surface area (Å²) in [5.74, 6) is 0.746. The van der Waals surface area contributed by atoms with Crippen molar-refractivity contribution < 1.29 is 0 Å². The highest BCUT2D eigenvalue weighted by atomic mass is 35.5. The highest BCUT2D eigenvalue weighted by Gasteiger charge is 2.17. The molecule has 0 fully saturated rings. The second-order valence-electron chi connectivity index (χ2n) is 3.24. The normalized spacial score (nSPS) is 12.7. The van der Waals surface area contributed by atoms with Gasteiger partial charge in [0.25, 0.3) is 0 Å². The maximum absolute atomic E-state index is 6.03. The molecular weight excluding hydrogens is 212 g/mol. The van der Waals surface area contributed by atoms with Gasteiger partial charge in [0.05, 0.1) is 10.7 Å². The van der Waals surface area contributed by atoms with Crippen molar-refractivity contribution in [3.05, 3.63) is 47.3 Å². The Morgan fingerprint density at radius 2 is 2.20 bits per heavy atom. The topological polar surface area (TPSA) is 56.7 Å². The van der Waals surface area contributed by atoms with Crippen LogP contribution in [0.5, 0.6) is 0 Å². The lowest BCUT2D eigenvalue weighted by atomic mass is 10.2. The number of aryl methyl sites for hydroxylation is 1. The molecule has 0 aliphatic rings. The Bertz CT molecular complexity index is 466. The van der Waals surface area contributed by atoms with Gasteiger partial charge in [0.1, 0.15) is 11.9 Å². The third kappa shape index (κ3) is 1.86. The molecule has 78 valence electrons. The molecule has 0 bridgehead atoms. The summed E-state index contributed by atoms with van der Waals surface area (Å²) in [5, 5.41) is 0.563. The van der Waals surface area contributed by atoms with Crippen LogP contribution in [0.1, 0.15) is 17.6 Å². The van der Waals surface area contributed by atoms with Crippen molar-refractivity contribution in [3.63, 3.8) is 0 Å². The van der Waals surface area contributed by atoms with E-state index in [1.807, 2.05) is 17.8 Å². The molecule has 0 aliphatic heterocycles. The number of imidazole rings is 1. The van der Waals surface area contributed by atoms with Gasteiger partial charge in [-0.05, 0) is 12.1 Å². The largest absolute Gasteiger partial charge is 0.336 e. The standard InChI is InChI=1S/C10H11ClN4/c1-15-6-5-14-10(15)8(12)9-7(11)3-2-4-13-9/h2-6,8H,12H2,1H3. The highest BCUT2D eigenvalue weighted by Crippen LogP contribution is 2.22. The van der Waals surface area contributed by atoms with Gasteiger partial charge in [-0.25, -0.2) is 4.98 Å². The van der Waals surface area contributed by atoms with Crippen LogP contribution in [0.2, 0.25) is 5.02 Å². The number of pyridine rings is 1. The van der Waals surface area contributed by atoms with E-state index in [1.54, 1.807) is 24.5 Å². The lowest BCUT2D eigenvalue weighted by Crippen LogP contribution is -2.18. The number of nitrogens with two attached hydrogens (primary N) is 1. The van der Waals surface area contributed by atoms with Gasteiger partial charge in [-0.1, -0.05) is 11.6 Å². The van der Waals surface area contributed by atoms with Crippen molar-refractivity contribution in [1.82, 2.24) is 14.5 Å². The molecule has 0 saturated carbocycles. The molecule has 2 rings (SSSR count). The van der Waals surface area contributed by atoms with E-state index in [4.69, 9.17) is 17.3 Å². The Balaban J connectivity index is 2.41. The molecule has 5 heteroatoms. The van der Waals surface area contributed by atoms with Gasteiger partial charge < -0.3 is 10.3 Å². The predicted octanol–water partition coefficient (Wildman–Crippen LogP) is 1.52. The zero-order chi connectivity index (χ0) is 10.8. The number of hydrogen-bond donors (Lipinski definition) is 1. The number of nitrogens with zero attached hydrogens (tertiary/aromatic N) is 3. The zero-order valence-electron chi connectivity index (χ0n) is 8.26. The molecular formula is C10H11ClN4. The van der Waals surface area contributed by atoms with Crippen molar-refractivity contribution in [3.8, 4) is 0 Å². The van der Waals surface area contributed by atoms with E-state index in [1.165, 1.54) is 0 Å². The lowest BCUT2D eigenvalue weighted by molar-refractivity contribution is 0.700. The number of aromatic nitrogens is 3. The summed E-state index contributed by atoms with van der Waals surface area (Å²) >= 11 is 6.01. The number of rotatable bonds is 2. The van der Waals surface area contributed by atoms with Gasteiger partial charge in [-0.15, -0.1) is 0 Å². The van der Waals surface area contributed by atoms with E-state index >= 15 is 0 Å². The maximum Gasteiger partial charge on any atom is 0.131 e. The molecule has 2 heterocycles. The quantitative estimate of drug-likeness (QED) is 0.838. The molecule has 0 spiro atoms. The fourth-order valence-corrected chi connectivity index (χ4v) is 1.66. The minimum absolute atomic E-state index is 0.390. The maximum atomic E-state index is 6.03. The average molecular weight is 223 g/mol. The zero-order valence-corrected chi connectivity index (χ0v) is 9.02. The molecule has 2 aromatic heterocycles. The van der Waals surface area contributed by atoms with E-state index in [-0.39, 0.29) is 0 Å². The molecule has 15 heavy (non-hydrogen) atoms. The molecule has 0 amide bonds. The lowest BCUT2D eigenvalue weighted by Gasteiger charge is -2.11. The molecule has 2 aromatic rings. The van der Waals surface area contributed by atoms with Crippen LogP contribution in [0, 0.1) is 0 Å². The van der Waals surface area contributed by atoms with Crippen molar-refractivity contribution in [2.24, 2.45) is 12.8 Å². The Hall–Kier alpha value is -1.39. The number of halogens is 1. The van der Waals surface area contributed by atoms with E-state index in [2.05, 4.69) is 9.97 Å². The van der Waals surface area contributed by atoms with Crippen molar-refractivity contribution in [1.29, 1.82) is 0 Å². The summed E-state index contributed by atoms with van der Waals surface area (Å²) in [7, 11) is 1.89. The molecule has 0 radical (unpaired) electrons. The van der Waals surface area contributed by atoms with Crippen LogP contribution in [0.3, 0.4) is 0 Å². The monoisotopic (exact) mass is 222 g/mol. The van der Waals surface area contributed by atoms with Crippen molar-refractivity contribution >= 4 is 11.6 Å². The first-order valence-electron chi connectivity index (χ1n) is 4.53. The van der Waals surface area contributed by atoms with Gasteiger partial charge >= 0.3 is 0 Å². The number of hydrogen-bond acceptors (Lipinski definition) is 3. The van der Waals surface area contributed by atoms with E-state index in [0.29, 0.717) is 10.7 Å². The Labute approximate surface area is 92.7 Å². The third-order valence-corrected chi connectivity index (χ3v) is 2.54. The highest BCUT2D eigenvalue weighted by molar-refractivity contribution is 6.31. The SMILES string of the molecule is Cn1ccnc1C(N)c1ncccc1Cl. The van der Waals surface area contributed by atoms with Crippen molar-refractivity contribution in [2.75, 3.05) is 0 Å². The van der Waals surface area contributed by atoms with Crippen molar-refractivity contribution in [2.45, 2.75) is 6.04 Å². The minimum Gasteiger partial charge on any atom is -0.336 e. The Morgan fingerprint density at radius 3 is 2.80 bits per heavy atom. The van der Waals surface area contributed by atoms with Crippen LogP contribution >= 0.6 is 11.6 Å². The van der Waals surface area contributed by atoms with Gasteiger partial charge in [-0.3, -0.25) is 4.98 Å². The molecule has 2 N–H and O–H groups in total. The molecule has 0 aliphatic carbocycles. The third-order valence-electron chi connectivity index (χ3n) is 2.22. The summed E-state index contributed by atoms with van der Waals surface area (Å²) in [5.41, 5.74) is 6.68. The summed E-state index contributed by atoms with van der Waals surface area (Å²) in [6.07, 6.45) is 5.21. The second kappa shape index (κ2) is 4.00. The predicted molar refractivity (Wildman–Crippen MR) is 58.5 cm³/mol. The van der Waals surface area contributed by atoms with Crippen LogP contribution < -0.4 is 5.73 Å². The smallest absolute Gasteiger partial charge is 0.131 e. The first kappa shape index (κ1) is 10.1. The van der Waals surface area contributed by atoms with E-state index in [0.717, 1.165) is 5.82 Å². The fraction of sp³-hybridized carbons (Fsp3) is 0.200. The molecule has 1 atom stereocenters. The van der Waals surface area contributed by atoms with Gasteiger partial charge in [0, 0.05) is 25.6 Å². The van der Waals surface area contributed by atoms with E-state index in [9.17, 15) is 0 Å². The van der Waals surface area contributed by atoms with Crippen LogP contribution in [0.25, 0.3) is 0 Å². The Morgan fingerprint density at radius 1 is 1.40 bits per heavy atom. The fourth-order valence-electron chi connectivity index (χ4n) is 1.43. The van der Waals surface area contributed by atoms with Crippen LogP contribution in [-0.2, 0) is 7.05 Å². The van der Waals surface area contributed by atoms with Crippen LogP contribution in [0.4, 0.5) is 0 Å². The second-order valence-corrected chi connectivity index (χ2v) is 3.65. The molecule has 0 aromatic carbocycles. The first-order valence-corrected chi connectivity index (χ1v) is 4.91. The van der Waals surface area contributed by atoms with Crippen LogP contribution in [0.15, 0.2) is 30.7 Å². The summed E-state index contributed by atoms with van der Waals surface area (Å²) in [6.45, 7) is 0. The molecule has 1 unspecified atom stereocenters. The summed E-state index contributed by atoms with van der Waals surface area (Å²) in [4.78, 5) is 8.34. The summed E-state index contributed by atoms with van der Waals surface area (Å²) < 4.78 is 1.86. The average Bonchev–Trinajstić information content (AvgIpc) is 2.64. The summed E-state index contributed by atoms with van der Waals surface area (Å²) in [6, 6.07) is 3.16. The molecule has 0 saturated heterocycles. The van der Waals surface area contributed by atoms with Gasteiger partial charge in [-0.2, -0.15) is 0 Å².